The van der Waals surface area contributed by atoms with Gasteiger partial charge in [-0.1, -0.05) is 138 Å². The summed E-state index contributed by atoms with van der Waals surface area (Å²) in [5.74, 6) is 0. The first kappa shape index (κ1) is 24.5. The molecule has 0 amide bonds. The Labute approximate surface area is 196 Å². The number of benzene rings is 3. The van der Waals surface area contributed by atoms with Crippen LogP contribution in [0, 0.1) is 0 Å². The van der Waals surface area contributed by atoms with Crippen molar-refractivity contribution in [2.24, 2.45) is 0 Å². The average Bonchev–Trinajstić information content (AvgIpc) is 2.84. The topological polar surface area (TPSA) is 3.24 Å². The highest BCUT2D eigenvalue weighted by atomic mass is 15.1. The van der Waals surface area contributed by atoms with E-state index in [2.05, 4.69) is 91.5 Å². The molecule has 1 nitrogen and oxygen atoms in total. The Hall–Kier alpha value is -2.12. The molecule has 0 bridgehead atoms. The van der Waals surface area contributed by atoms with Gasteiger partial charge in [-0.05, 0) is 41.8 Å². The van der Waals surface area contributed by atoms with Crippen LogP contribution in [-0.4, -0.2) is 11.4 Å². The lowest BCUT2D eigenvalue weighted by atomic mass is 9.98. The monoisotopic (exact) mass is 429 g/mol. The van der Waals surface area contributed by atoms with Crippen LogP contribution in [0.25, 0.3) is 10.8 Å². The van der Waals surface area contributed by atoms with E-state index in [4.69, 9.17) is 0 Å². The number of nitrogens with zero attached hydrogens (tertiary/aromatic N) is 1. The number of rotatable bonds is 15. The standard InChI is InChI=1S/C31H43N/c1-3-4-5-6-7-8-9-10-11-17-25-32(26-28-19-13-12-14-20-28)27(2)30-24-18-22-29-21-15-16-23-31(29)30/h12-16,18-24,27H,3-11,17,25-26H2,1-2H3. The second-order valence-electron chi connectivity index (χ2n) is 9.38. The molecule has 0 radical (unpaired) electrons. The lowest BCUT2D eigenvalue weighted by Crippen LogP contribution is -2.28. The van der Waals surface area contributed by atoms with Crippen LogP contribution in [0.2, 0.25) is 0 Å². The van der Waals surface area contributed by atoms with Crippen LogP contribution in [0.3, 0.4) is 0 Å². The molecule has 0 saturated carbocycles. The zero-order valence-corrected chi connectivity index (χ0v) is 20.4. The minimum atomic E-state index is 0.403. The Morgan fingerprint density at radius 3 is 1.94 bits per heavy atom. The van der Waals surface area contributed by atoms with Gasteiger partial charge in [0.05, 0.1) is 0 Å². The summed E-state index contributed by atoms with van der Waals surface area (Å²) >= 11 is 0. The van der Waals surface area contributed by atoms with Crippen LogP contribution >= 0.6 is 0 Å². The number of fused-ring (bicyclic) bond motifs is 1. The van der Waals surface area contributed by atoms with Crippen molar-refractivity contribution < 1.29 is 0 Å². The van der Waals surface area contributed by atoms with Gasteiger partial charge in [-0.25, -0.2) is 0 Å². The maximum atomic E-state index is 2.68. The van der Waals surface area contributed by atoms with Crippen LogP contribution in [0.1, 0.15) is 95.2 Å². The highest BCUT2D eigenvalue weighted by Gasteiger charge is 2.18. The molecular weight excluding hydrogens is 386 g/mol. The van der Waals surface area contributed by atoms with E-state index in [1.807, 2.05) is 0 Å². The van der Waals surface area contributed by atoms with Crippen LogP contribution in [0.15, 0.2) is 72.8 Å². The summed E-state index contributed by atoms with van der Waals surface area (Å²) in [7, 11) is 0. The Kier molecular flexibility index (Phi) is 10.8. The molecule has 0 aliphatic carbocycles. The van der Waals surface area contributed by atoms with Crippen molar-refractivity contribution in [3.05, 3.63) is 83.9 Å². The molecule has 1 atom stereocenters. The molecule has 0 aliphatic rings. The highest BCUT2D eigenvalue weighted by Crippen LogP contribution is 2.29. The molecule has 0 N–H and O–H groups in total. The Bertz CT molecular complexity index is 880. The van der Waals surface area contributed by atoms with Crippen LogP contribution in [-0.2, 0) is 6.54 Å². The first-order chi connectivity index (χ1) is 15.8. The van der Waals surface area contributed by atoms with E-state index in [1.165, 1.54) is 86.1 Å². The van der Waals surface area contributed by atoms with E-state index in [9.17, 15) is 0 Å². The fourth-order valence-electron chi connectivity index (χ4n) is 4.84. The molecule has 0 aliphatic heterocycles. The number of hydrogen-bond donors (Lipinski definition) is 0. The fraction of sp³-hybridized carbons (Fsp3) is 0.484. The first-order valence-electron chi connectivity index (χ1n) is 13.0. The van der Waals surface area contributed by atoms with Crippen LogP contribution < -0.4 is 0 Å². The van der Waals surface area contributed by atoms with Gasteiger partial charge >= 0.3 is 0 Å². The van der Waals surface area contributed by atoms with Gasteiger partial charge in [-0.15, -0.1) is 0 Å². The van der Waals surface area contributed by atoms with E-state index < -0.39 is 0 Å². The molecule has 0 fully saturated rings. The summed E-state index contributed by atoms with van der Waals surface area (Å²) in [5, 5.41) is 2.74. The third-order valence-electron chi connectivity index (χ3n) is 6.85. The summed E-state index contributed by atoms with van der Waals surface area (Å²) in [6.07, 6.45) is 13.9. The minimum Gasteiger partial charge on any atom is -0.292 e. The molecule has 1 heteroatoms. The SMILES string of the molecule is CCCCCCCCCCCCN(Cc1ccccc1)C(C)c1cccc2ccccc12. The normalized spacial score (nSPS) is 12.5. The number of unbranched alkanes of at least 4 members (excludes halogenated alkanes) is 9. The maximum Gasteiger partial charge on any atom is 0.0329 e. The van der Waals surface area contributed by atoms with Gasteiger partial charge in [0, 0.05) is 12.6 Å². The van der Waals surface area contributed by atoms with Gasteiger partial charge in [0.15, 0.2) is 0 Å². The van der Waals surface area contributed by atoms with Crippen molar-refractivity contribution in [1.29, 1.82) is 0 Å². The third kappa shape index (κ3) is 7.78. The predicted octanol–water partition coefficient (Wildman–Crippen LogP) is 9.32. The molecule has 3 aromatic rings. The predicted molar refractivity (Wildman–Crippen MR) is 141 cm³/mol. The van der Waals surface area contributed by atoms with Gasteiger partial charge in [0.1, 0.15) is 0 Å². The van der Waals surface area contributed by atoms with Gasteiger partial charge in [0.25, 0.3) is 0 Å². The second-order valence-corrected chi connectivity index (χ2v) is 9.38. The fourth-order valence-corrected chi connectivity index (χ4v) is 4.84. The molecule has 0 aromatic heterocycles. The van der Waals surface area contributed by atoms with Crippen LogP contribution in [0.4, 0.5) is 0 Å². The van der Waals surface area contributed by atoms with Gasteiger partial charge in [-0.3, -0.25) is 4.90 Å². The zero-order chi connectivity index (χ0) is 22.4. The van der Waals surface area contributed by atoms with E-state index >= 15 is 0 Å². The maximum absolute atomic E-state index is 2.68. The summed E-state index contributed by atoms with van der Waals surface area (Å²) < 4.78 is 0. The van der Waals surface area contributed by atoms with Crippen molar-refractivity contribution in [2.75, 3.05) is 6.54 Å². The molecule has 3 aromatic carbocycles. The van der Waals surface area contributed by atoms with Crippen molar-refractivity contribution >= 4 is 10.8 Å². The lowest BCUT2D eigenvalue weighted by Gasteiger charge is -2.30. The molecule has 32 heavy (non-hydrogen) atoms. The highest BCUT2D eigenvalue weighted by molar-refractivity contribution is 5.86. The van der Waals surface area contributed by atoms with E-state index in [0.717, 1.165) is 13.1 Å². The van der Waals surface area contributed by atoms with Gasteiger partial charge in [0.2, 0.25) is 0 Å². The van der Waals surface area contributed by atoms with Gasteiger partial charge in [-0.2, -0.15) is 0 Å². The molecule has 3 rings (SSSR count). The van der Waals surface area contributed by atoms with Crippen molar-refractivity contribution in [1.82, 2.24) is 4.90 Å². The second kappa shape index (κ2) is 14.1. The number of hydrogen-bond acceptors (Lipinski definition) is 1. The van der Waals surface area contributed by atoms with E-state index in [-0.39, 0.29) is 0 Å². The lowest BCUT2D eigenvalue weighted by molar-refractivity contribution is 0.197. The Morgan fingerprint density at radius 2 is 1.22 bits per heavy atom. The summed E-state index contributed by atoms with van der Waals surface area (Å²) in [6.45, 7) is 6.86. The molecule has 0 spiro atoms. The zero-order valence-electron chi connectivity index (χ0n) is 20.4. The third-order valence-corrected chi connectivity index (χ3v) is 6.85. The average molecular weight is 430 g/mol. The van der Waals surface area contributed by atoms with Crippen molar-refractivity contribution in [2.45, 2.75) is 90.6 Å². The molecule has 0 heterocycles. The van der Waals surface area contributed by atoms with Gasteiger partial charge < -0.3 is 0 Å². The quantitative estimate of drug-likeness (QED) is 0.217. The van der Waals surface area contributed by atoms with Crippen molar-refractivity contribution in [3.8, 4) is 0 Å². The Balaban J connectivity index is 1.55. The van der Waals surface area contributed by atoms with E-state index in [1.54, 1.807) is 0 Å². The molecular formula is C31H43N. The van der Waals surface area contributed by atoms with E-state index in [0.29, 0.717) is 6.04 Å². The smallest absolute Gasteiger partial charge is 0.0329 e. The summed E-state index contributed by atoms with van der Waals surface area (Å²) in [4.78, 5) is 2.68. The largest absolute Gasteiger partial charge is 0.292 e. The summed E-state index contributed by atoms with van der Waals surface area (Å²) in [5.41, 5.74) is 2.86. The van der Waals surface area contributed by atoms with Crippen molar-refractivity contribution in [3.63, 3.8) is 0 Å². The molecule has 0 saturated heterocycles. The molecule has 172 valence electrons. The molecule has 1 unspecified atom stereocenters. The van der Waals surface area contributed by atoms with Crippen LogP contribution in [0.5, 0.6) is 0 Å². The Morgan fingerprint density at radius 1 is 0.625 bits per heavy atom. The summed E-state index contributed by atoms with van der Waals surface area (Å²) in [6, 6.07) is 27.0. The first-order valence-corrected chi connectivity index (χ1v) is 13.0. The minimum absolute atomic E-state index is 0.403.